The molecule has 0 aliphatic carbocycles. The van der Waals surface area contributed by atoms with Crippen molar-refractivity contribution in [3.05, 3.63) is 0 Å². The minimum absolute atomic E-state index is 0.0497. The van der Waals surface area contributed by atoms with Crippen LogP contribution in [0.15, 0.2) is 0 Å². The Balaban J connectivity index is 1.86. The molecule has 0 saturated carbocycles. The Morgan fingerprint density at radius 2 is 1.74 bits per heavy atom. The highest BCUT2D eigenvalue weighted by atomic mass is 35.5. The number of thiocarbonyl (C=S) groups is 1. The molecule has 6 nitrogen and oxygen atoms in total. The lowest BCUT2D eigenvalue weighted by atomic mass is 10.2. The van der Waals surface area contributed by atoms with E-state index in [0.29, 0.717) is 6.42 Å². The molecule has 0 spiro atoms. The van der Waals surface area contributed by atoms with Crippen molar-refractivity contribution in [2.45, 2.75) is 23.9 Å². The summed E-state index contributed by atoms with van der Waals surface area (Å²) in [6.07, 6.45) is 0.511. The van der Waals surface area contributed by atoms with E-state index in [4.69, 9.17) is 23.8 Å². The third kappa shape index (κ3) is 4.17. The number of sulfone groups is 2. The van der Waals surface area contributed by atoms with E-state index in [1.165, 1.54) is 0 Å². The van der Waals surface area contributed by atoms with Crippen LogP contribution in [0.1, 0.15) is 6.42 Å². The quantitative estimate of drug-likeness (QED) is 0.491. The summed E-state index contributed by atoms with van der Waals surface area (Å²) in [6.45, 7) is 0. The second-order valence-corrected chi connectivity index (χ2v) is 10.3. The monoisotopic (exact) mass is 346 g/mol. The zero-order valence-corrected chi connectivity index (χ0v) is 13.2. The highest BCUT2D eigenvalue weighted by Gasteiger charge is 2.37. The van der Waals surface area contributed by atoms with Crippen molar-refractivity contribution in [2.24, 2.45) is 0 Å². The van der Waals surface area contributed by atoms with Gasteiger partial charge in [0.2, 0.25) is 0 Å². The summed E-state index contributed by atoms with van der Waals surface area (Å²) in [6, 6.07) is -0.638. The Morgan fingerprint density at radius 3 is 2.21 bits per heavy atom. The maximum Gasteiger partial charge on any atom is 0.166 e. The van der Waals surface area contributed by atoms with Crippen molar-refractivity contribution in [2.75, 3.05) is 23.0 Å². The Labute approximate surface area is 123 Å². The van der Waals surface area contributed by atoms with E-state index >= 15 is 0 Å². The van der Waals surface area contributed by atoms with E-state index in [1.807, 2.05) is 0 Å². The topological polar surface area (TPSA) is 92.3 Å². The number of hydrogen-bond donors (Lipinski definition) is 2. The van der Waals surface area contributed by atoms with Gasteiger partial charge in [-0.2, -0.15) is 0 Å². The van der Waals surface area contributed by atoms with Crippen molar-refractivity contribution in [1.29, 1.82) is 0 Å². The summed E-state index contributed by atoms with van der Waals surface area (Å²) in [5, 5.41) is 5.49. The molecular weight excluding hydrogens is 332 g/mol. The summed E-state index contributed by atoms with van der Waals surface area (Å²) >= 11 is 11.0. The normalized spacial score (nSPS) is 35.9. The fourth-order valence-corrected chi connectivity index (χ4v) is 6.78. The van der Waals surface area contributed by atoms with Gasteiger partial charge in [-0.25, -0.2) is 16.8 Å². The average Bonchev–Trinajstić information content (AvgIpc) is 2.66. The molecule has 19 heavy (non-hydrogen) atoms. The summed E-state index contributed by atoms with van der Waals surface area (Å²) in [4.78, 5) is 0. The summed E-state index contributed by atoms with van der Waals surface area (Å²) in [7, 11) is -6.08. The number of halogens is 1. The SMILES string of the molecule is O=S1(=O)CCC(NC(=S)NC2CS(=O)(=O)CC2Cl)C1. The van der Waals surface area contributed by atoms with Crippen molar-refractivity contribution in [3.63, 3.8) is 0 Å². The summed E-state index contributed by atoms with van der Waals surface area (Å²) in [5.41, 5.74) is 0. The van der Waals surface area contributed by atoms with E-state index < -0.39 is 31.1 Å². The van der Waals surface area contributed by atoms with Gasteiger partial charge < -0.3 is 10.6 Å². The van der Waals surface area contributed by atoms with Crippen LogP contribution >= 0.6 is 23.8 Å². The van der Waals surface area contributed by atoms with Gasteiger partial charge in [0, 0.05) is 6.04 Å². The molecule has 2 aliphatic rings. The summed E-state index contributed by atoms with van der Waals surface area (Å²) < 4.78 is 45.4. The first kappa shape index (κ1) is 15.3. The van der Waals surface area contributed by atoms with E-state index in [-0.39, 0.29) is 34.2 Å². The Bertz CT molecular complexity index is 574. The molecule has 10 heteroatoms. The second-order valence-electron chi connectivity index (χ2n) is 4.92. The zero-order valence-electron chi connectivity index (χ0n) is 10.0. The largest absolute Gasteiger partial charge is 0.359 e. The first-order chi connectivity index (χ1) is 8.67. The molecule has 0 aromatic heterocycles. The molecule has 0 amide bonds. The van der Waals surface area contributed by atoms with Gasteiger partial charge in [-0.05, 0) is 18.6 Å². The van der Waals surface area contributed by atoms with Crippen LogP contribution in [0.25, 0.3) is 0 Å². The molecule has 0 aromatic carbocycles. The third-order valence-electron chi connectivity index (χ3n) is 3.17. The molecule has 3 atom stereocenters. The number of alkyl halides is 1. The van der Waals surface area contributed by atoms with Gasteiger partial charge in [0.05, 0.1) is 34.4 Å². The van der Waals surface area contributed by atoms with Crippen molar-refractivity contribution in [3.8, 4) is 0 Å². The van der Waals surface area contributed by atoms with Gasteiger partial charge in [0.1, 0.15) is 0 Å². The first-order valence-electron chi connectivity index (χ1n) is 5.79. The molecule has 110 valence electrons. The lowest BCUT2D eigenvalue weighted by Gasteiger charge is -2.20. The molecule has 3 unspecified atom stereocenters. The van der Waals surface area contributed by atoms with Crippen molar-refractivity contribution < 1.29 is 16.8 Å². The Hall–Kier alpha value is -0.120. The molecular formula is C9H15ClN2O4S3. The van der Waals surface area contributed by atoms with Crippen LogP contribution in [0.5, 0.6) is 0 Å². The molecule has 2 N–H and O–H groups in total. The predicted octanol–water partition coefficient (Wildman–Crippen LogP) is -0.958. The fraction of sp³-hybridized carbons (Fsp3) is 0.889. The Kier molecular flexibility index (Phi) is 4.29. The molecule has 2 rings (SSSR count). The second kappa shape index (κ2) is 5.34. The number of nitrogens with one attached hydrogen (secondary N) is 2. The van der Waals surface area contributed by atoms with Crippen LogP contribution in [-0.4, -0.2) is 62.4 Å². The molecule has 2 saturated heterocycles. The number of rotatable bonds is 2. The van der Waals surface area contributed by atoms with E-state index in [2.05, 4.69) is 10.6 Å². The van der Waals surface area contributed by atoms with Crippen LogP contribution in [0, 0.1) is 0 Å². The first-order valence-corrected chi connectivity index (χ1v) is 10.3. The highest BCUT2D eigenvalue weighted by Crippen LogP contribution is 2.18. The maximum absolute atomic E-state index is 11.4. The molecule has 2 aliphatic heterocycles. The van der Waals surface area contributed by atoms with Crippen molar-refractivity contribution in [1.82, 2.24) is 10.6 Å². The maximum atomic E-state index is 11.4. The van der Waals surface area contributed by atoms with E-state index in [0.717, 1.165) is 0 Å². The van der Waals surface area contributed by atoms with Crippen LogP contribution in [0.3, 0.4) is 0 Å². The van der Waals surface area contributed by atoms with Crippen LogP contribution in [-0.2, 0) is 19.7 Å². The lowest BCUT2D eigenvalue weighted by molar-refractivity contribution is 0.598. The lowest BCUT2D eigenvalue weighted by Crippen LogP contribution is -2.49. The molecule has 0 aromatic rings. The number of hydrogen-bond acceptors (Lipinski definition) is 5. The standard InChI is InChI=1S/C9H15ClN2O4S3/c10-7-4-19(15,16)5-8(7)12-9(17)11-6-1-2-18(13,14)3-6/h6-8H,1-5H2,(H2,11,12,17). The fourth-order valence-electron chi connectivity index (χ4n) is 2.24. The van der Waals surface area contributed by atoms with Gasteiger partial charge in [0.15, 0.2) is 24.8 Å². The highest BCUT2D eigenvalue weighted by molar-refractivity contribution is 7.92. The minimum atomic E-state index is -3.11. The van der Waals surface area contributed by atoms with Crippen LogP contribution in [0.2, 0.25) is 0 Å². The summed E-state index contributed by atoms with van der Waals surface area (Å²) in [5.74, 6) is 0.101. The Morgan fingerprint density at radius 1 is 1.05 bits per heavy atom. The molecule has 0 radical (unpaired) electrons. The predicted molar refractivity (Wildman–Crippen MR) is 78.0 cm³/mol. The van der Waals surface area contributed by atoms with E-state index in [1.54, 1.807) is 0 Å². The average molecular weight is 347 g/mol. The molecule has 2 fully saturated rings. The smallest absolute Gasteiger partial charge is 0.166 e. The van der Waals surface area contributed by atoms with E-state index in [9.17, 15) is 16.8 Å². The van der Waals surface area contributed by atoms with Crippen LogP contribution in [0.4, 0.5) is 0 Å². The molecule has 0 bridgehead atoms. The van der Waals surface area contributed by atoms with Gasteiger partial charge >= 0.3 is 0 Å². The minimum Gasteiger partial charge on any atom is -0.359 e. The molecule has 2 heterocycles. The van der Waals surface area contributed by atoms with Gasteiger partial charge in [0.25, 0.3) is 0 Å². The van der Waals surface area contributed by atoms with Gasteiger partial charge in [-0.15, -0.1) is 11.6 Å². The van der Waals surface area contributed by atoms with Gasteiger partial charge in [-0.1, -0.05) is 0 Å². The zero-order chi connectivity index (χ0) is 14.3. The van der Waals surface area contributed by atoms with Crippen LogP contribution < -0.4 is 10.6 Å². The third-order valence-corrected chi connectivity index (χ3v) is 7.55. The van der Waals surface area contributed by atoms with Gasteiger partial charge in [-0.3, -0.25) is 0 Å². The van der Waals surface area contributed by atoms with Crippen molar-refractivity contribution >= 4 is 48.6 Å².